The van der Waals surface area contributed by atoms with E-state index in [1.165, 1.54) is 22.9 Å². The molecular weight excluding hydrogens is 379 g/mol. The lowest BCUT2D eigenvalue weighted by Crippen LogP contribution is -2.44. The Labute approximate surface area is 161 Å². The molecule has 1 amide bonds. The Hall–Kier alpha value is -1.01. The Morgan fingerprint density at radius 1 is 1.24 bits per heavy atom. The smallest absolute Gasteiger partial charge is 0.286 e. The van der Waals surface area contributed by atoms with Crippen molar-refractivity contribution in [2.24, 2.45) is 4.99 Å². The first-order valence-corrected chi connectivity index (χ1v) is 10.2. The summed E-state index contributed by atoms with van der Waals surface area (Å²) in [6, 6.07) is 8.46. The maximum Gasteiger partial charge on any atom is 0.286 e. The van der Waals surface area contributed by atoms with Gasteiger partial charge in [-0.15, -0.1) is 23.2 Å². The van der Waals surface area contributed by atoms with E-state index in [9.17, 15) is 4.79 Å². The molecule has 0 bridgehead atoms. The van der Waals surface area contributed by atoms with Crippen LogP contribution in [-0.2, 0) is 21.7 Å². The van der Waals surface area contributed by atoms with Crippen LogP contribution >= 0.6 is 35.0 Å². The first-order valence-electron chi connectivity index (χ1n) is 8.29. The summed E-state index contributed by atoms with van der Waals surface area (Å²) in [7, 11) is 0. The van der Waals surface area contributed by atoms with Gasteiger partial charge in [-0.05, 0) is 41.3 Å². The van der Waals surface area contributed by atoms with E-state index in [1.54, 1.807) is 0 Å². The summed E-state index contributed by atoms with van der Waals surface area (Å²) < 4.78 is 6.19. The fourth-order valence-electron chi connectivity index (χ4n) is 3.67. The quantitative estimate of drug-likeness (QED) is 0.561. The molecule has 4 nitrogen and oxygen atoms in total. The number of amides is 1. The molecule has 0 atom stereocenters. The number of ether oxygens (including phenoxy) is 1. The van der Waals surface area contributed by atoms with Crippen LogP contribution in [-0.4, -0.2) is 40.8 Å². The maximum absolute atomic E-state index is 12.2. The number of piperidine rings is 1. The molecule has 25 heavy (non-hydrogen) atoms. The van der Waals surface area contributed by atoms with Gasteiger partial charge in [0, 0.05) is 24.8 Å². The second-order valence-electron chi connectivity index (χ2n) is 6.43. The van der Waals surface area contributed by atoms with Crippen molar-refractivity contribution >= 4 is 46.0 Å². The van der Waals surface area contributed by atoms with E-state index >= 15 is 0 Å². The van der Waals surface area contributed by atoms with E-state index in [2.05, 4.69) is 34.2 Å². The van der Waals surface area contributed by atoms with Gasteiger partial charge in [-0.25, -0.2) is 0 Å². The predicted octanol–water partition coefficient (Wildman–Crippen LogP) is 3.87. The van der Waals surface area contributed by atoms with Gasteiger partial charge >= 0.3 is 0 Å². The zero-order valence-corrected chi connectivity index (χ0v) is 16.0. The van der Waals surface area contributed by atoms with E-state index in [0.717, 1.165) is 36.7 Å². The van der Waals surface area contributed by atoms with Crippen molar-refractivity contribution < 1.29 is 9.53 Å². The van der Waals surface area contributed by atoms with Crippen molar-refractivity contribution in [1.82, 2.24) is 4.90 Å². The highest BCUT2D eigenvalue weighted by Gasteiger charge is 2.43. The topological polar surface area (TPSA) is 41.9 Å². The number of nitrogens with zero attached hydrogens (tertiary/aromatic N) is 2. The molecule has 1 saturated heterocycles. The summed E-state index contributed by atoms with van der Waals surface area (Å²) in [5.74, 6) is 0.293. The Bertz CT molecular complexity index is 764. The average Bonchev–Trinajstić information content (AvgIpc) is 3.20. The number of hydrogen-bond acceptors (Lipinski definition) is 4. The normalized spacial score (nSPS) is 21.7. The van der Waals surface area contributed by atoms with E-state index in [0.29, 0.717) is 11.5 Å². The Balaban J connectivity index is 1.48. The highest BCUT2D eigenvalue weighted by molar-refractivity contribution is 8.18. The largest absolute Gasteiger partial charge is 0.365 e. The summed E-state index contributed by atoms with van der Waals surface area (Å²) in [5, 5.41) is 0.758. The van der Waals surface area contributed by atoms with Crippen LogP contribution in [0.5, 0.6) is 0 Å². The number of carbonyl (C=O) groups excluding carboxylic acids is 1. The van der Waals surface area contributed by atoms with Crippen LogP contribution in [0.1, 0.15) is 24.0 Å². The van der Waals surface area contributed by atoms with Crippen molar-refractivity contribution in [3.63, 3.8) is 0 Å². The van der Waals surface area contributed by atoms with Crippen LogP contribution in [0.3, 0.4) is 0 Å². The number of thioether (sulfide) groups is 1. The van der Waals surface area contributed by atoms with Crippen LogP contribution in [0.4, 0.5) is 0 Å². The lowest BCUT2D eigenvalue weighted by molar-refractivity contribution is -0.113. The van der Waals surface area contributed by atoms with Crippen LogP contribution < -0.4 is 0 Å². The lowest BCUT2D eigenvalue weighted by Gasteiger charge is -2.39. The molecule has 3 aliphatic rings. The molecule has 0 unspecified atom stereocenters. The average molecular weight is 397 g/mol. The van der Waals surface area contributed by atoms with Gasteiger partial charge < -0.3 is 9.64 Å². The van der Waals surface area contributed by atoms with Crippen LogP contribution in [0, 0.1) is 0 Å². The summed E-state index contributed by atoms with van der Waals surface area (Å²) in [6.07, 6.45) is 1.80. The van der Waals surface area contributed by atoms with Gasteiger partial charge in [-0.3, -0.25) is 4.79 Å². The number of amidine groups is 1. The SMILES string of the molecule is O=C1N=C(N2CCC3(CC2)OCc2ccccc23)SC1=C(CCl)CCl. The molecule has 0 saturated carbocycles. The molecule has 7 heteroatoms. The van der Waals surface area contributed by atoms with Crippen molar-refractivity contribution in [1.29, 1.82) is 0 Å². The second-order valence-corrected chi connectivity index (χ2v) is 7.94. The number of likely N-dealkylation sites (tertiary alicyclic amines) is 1. The number of carbonyl (C=O) groups is 1. The molecule has 4 rings (SSSR count). The number of benzene rings is 1. The fourth-order valence-corrected chi connectivity index (χ4v) is 5.42. The molecule has 0 aromatic heterocycles. The van der Waals surface area contributed by atoms with Crippen molar-refractivity contribution in [2.75, 3.05) is 24.8 Å². The Morgan fingerprint density at radius 3 is 2.68 bits per heavy atom. The maximum atomic E-state index is 12.2. The van der Waals surface area contributed by atoms with Crippen molar-refractivity contribution in [3.8, 4) is 0 Å². The third kappa shape index (κ3) is 3.01. The van der Waals surface area contributed by atoms with Crippen molar-refractivity contribution in [3.05, 3.63) is 45.9 Å². The molecule has 0 aliphatic carbocycles. The third-order valence-electron chi connectivity index (χ3n) is 5.08. The van der Waals surface area contributed by atoms with E-state index in [-0.39, 0.29) is 23.3 Å². The van der Waals surface area contributed by atoms with Gasteiger partial charge in [-0.2, -0.15) is 4.99 Å². The van der Waals surface area contributed by atoms with Crippen molar-refractivity contribution in [2.45, 2.75) is 25.0 Å². The van der Waals surface area contributed by atoms with Crippen LogP contribution in [0.15, 0.2) is 39.7 Å². The first kappa shape index (κ1) is 17.4. The minimum Gasteiger partial charge on any atom is -0.365 e. The summed E-state index contributed by atoms with van der Waals surface area (Å²) in [5.41, 5.74) is 3.17. The molecule has 0 radical (unpaired) electrons. The zero-order chi connectivity index (χ0) is 17.4. The molecule has 3 heterocycles. The molecule has 1 spiro atoms. The second kappa shape index (κ2) is 6.95. The molecule has 1 aromatic carbocycles. The number of fused-ring (bicyclic) bond motifs is 2. The number of hydrogen-bond donors (Lipinski definition) is 0. The van der Waals surface area contributed by atoms with Gasteiger partial charge in [0.25, 0.3) is 5.91 Å². The number of aliphatic imine (C=N–C) groups is 1. The lowest BCUT2D eigenvalue weighted by atomic mass is 9.84. The fraction of sp³-hybridized carbons (Fsp3) is 0.444. The number of alkyl halides is 2. The summed E-state index contributed by atoms with van der Waals surface area (Å²) >= 11 is 13.2. The standard InChI is InChI=1S/C18H18Cl2N2O2S/c19-9-13(10-20)15-16(23)21-17(25-15)22-7-5-18(6-8-22)14-4-2-1-3-12(14)11-24-18/h1-4H,5-11H2. The van der Waals surface area contributed by atoms with Gasteiger partial charge in [0.1, 0.15) is 0 Å². The molecule has 1 fully saturated rings. The minimum atomic E-state index is -0.223. The highest BCUT2D eigenvalue weighted by atomic mass is 35.5. The van der Waals surface area contributed by atoms with Gasteiger partial charge in [-0.1, -0.05) is 24.3 Å². The van der Waals surface area contributed by atoms with E-state index in [1.807, 2.05) is 0 Å². The van der Waals surface area contributed by atoms with Crippen LogP contribution in [0.2, 0.25) is 0 Å². The molecule has 3 aliphatic heterocycles. The van der Waals surface area contributed by atoms with E-state index < -0.39 is 0 Å². The Kier molecular flexibility index (Phi) is 4.84. The summed E-state index contributed by atoms with van der Waals surface area (Å²) in [6.45, 7) is 2.32. The first-order chi connectivity index (χ1) is 12.2. The van der Waals surface area contributed by atoms with Gasteiger partial charge in [0.15, 0.2) is 5.17 Å². The molecule has 0 N–H and O–H groups in total. The van der Waals surface area contributed by atoms with Gasteiger partial charge in [0.2, 0.25) is 0 Å². The number of halogens is 2. The number of allylic oxidation sites excluding steroid dienone is 1. The number of rotatable bonds is 2. The summed E-state index contributed by atoms with van der Waals surface area (Å²) in [4.78, 5) is 19.1. The van der Waals surface area contributed by atoms with Gasteiger partial charge in [0.05, 0.1) is 17.1 Å². The zero-order valence-electron chi connectivity index (χ0n) is 13.6. The molecule has 132 valence electrons. The highest BCUT2D eigenvalue weighted by Crippen LogP contribution is 2.45. The molecular formula is C18H18Cl2N2O2S. The monoisotopic (exact) mass is 396 g/mol. The minimum absolute atomic E-state index is 0.183. The third-order valence-corrected chi connectivity index (χ3v) is 6.93. The van der Waals surface area contributed by atoms with Crippen LogP contribution in [0.25, 0.3) is 0 Å². The van der Waals surface area contributed by atoms with E-state index in [4.69, 9.17) is 27.9 Å². The molecule has 1 aromatic rings. The Morgan fingerprint density at radius 2 is 1.96 bits per heavy atom. The predicted molar refractivity (Wildman–Crippen MR) is 102 cm³/mol.